The molecule has 0 saturated carbocycles. The molecule has 0 N–H and O–H groups in total. The van der Waals surface area contributed by atoms with Crippen LogP contribution in [0.5, 0.6) is 0 Å². The van der Waals surface area contributed by atoms with Crippen LogP contribution in [0.25, 0.3) is 0 Å². The van der Waals surface area contributed by atoms with Crippen molar-refractivity contribution in [3.8, 4) is 0 Å². The van der Waals surface area contributed by atoms with E-state index in [9.17, 15) is 0 Å². The van der Waals surface area contributed by atoms with Gasteiger partial charge in [0.15, 0.2) is 0 Å². The summed E-state index contributed by atoms with van der Waals surface area (Å²) >= 11 is 21.0. The molecule has 0 spiro atoms. The van der Waals surface area contributed by atoms with Crippen LogP contribution in [0, 0.1) is 0 Å². The summed E-state index contributed by atoms with van der Waals surface area (Å²) in [5, 5.41) is 0. The van der Waals surface area contributed by atoms with Gasteiger partial charge in [0.2, 0.25) is 0 Å². The number of hydrogen-bond donors (Lipinski definition) is 0. The topological polar surface area (TPSA) is 0 Å². The molecule has 0 aliphatic heterocycles. The number of hydrogen-bond acceptors (Lipinski definition) is 0. The van der Waals surface area contributed by atoms with Gasteiger partial charge < -0.3 is 0 Å². The average molecular weight is 536 g/mol. The van der Waals surface area contributed by atoms with E-state index in [2.05, 4.69) is 91.8 Å². The van der Waals surface area contributed by atoms with Gasteiger partial charge in [0.25, 0.3) is 6.90 Å². The Hall–Kier alpha value is 3.31. The molecule has 8 heteroatoms. The third kappa shape index (κ3) is 4.25. The summed E-state index contributed by atoms with van der Waals surface area (Å²) in [6.45, 7) is 0. The second-order valence-electron chi connectivity index (χ2n) is 0.996. The van der Waals surface area contributed by atoms with E-state index in [-0.39, 0.29) is 0 Å². The SMILES string of the molecule is Br[Si](Br)(Br)[Si](Br)(Br)Br. The Morgan fingerprint density at radius 1 is 0.500 bits per heavy atom. The first-order chi connectivity index (χ1) is 3.25. The third-order valence-corrected chi connectivity index (χ3v) is 78.1. The summed E-state index contributed by atoms with van der Waals surface area (Å²) < 4.78 is -3.06. The van der Waals surface area contributed by atoms with E-state index in [4.69, 9.17) is 0 Å². The molecule has 0 nitrogen and oxygen atoms in total. The molecule has 0 aromatic rings. The van der Waals surface area contributed by atoms with Crippen LogP contribution < -0.4 is 0 Å². The largest absolute Gasteiger partial charge is 0.290 e. The Kier molecular flexibility index (Phi) is 5.40. The lowest BCUT2D eigenvalue weighted by atomic mass is 27.0. The molecular formula is Br6Si2. The third-order valence-electron chi connectivity index (χ3n) is 0.321. The molecule has 0 unspecified atom stereocenters. The van der Waals surface area contributed by atoms with Crippen molar-refractivity contribution in [3.05, 3.63) is 0 Å². The molecule has 0 atom stereocenters. The molecular weight excluding hydrogens is 536 g/mol. The predicted molar refractivity (Wildman–Crippen MR) is 65.1 cm³/mol. The molecule has 0 saturated heterocycles. The van der Waals surface area contributed by atoms with Crippen LogP contribution >= 0.6 is 91.8 Å². The monoisotopic (exact) mass is 529 g/mol. The van der Waals surface area contributed by atoms with Gasteiger partial charge in [0.1, 0.15) is 0 Å². The number of rotatable bonds is 1. The van der Waals surface area contributed by atoms with Crippen molar-refractivity contribution in [1.29, 1.82) is 0 Å². The standard InChI is InChI=1S/Br6Si2/c1-7(2,3)8(4,5)6. The van der Waals surface area contributed by atoms with E-state index in [0.29, 0.717) is 0 Å². The van der Waals surface area contributed by atoms with Gasteiger partial charge in [-0.15, -0.1) is 0 Å². The first-order valence-corrected chi connectivity index (χ1v) is 19.9. The summed E-state index contributed by atoms with van der Waals surface area (Å²) in [5.41, 5.74) is 0. The molecule has 0 aromatic carbocycles. The molecule has 0 aliphatic carbocycles. The summed E-state index contributed by atoms with van der Waals surface area (Å²) in [5.74, 6) is 0. The summed E-state index contributed by atoms with van der Waals surface area (Å²) in [6.07, 6.45) is 0. The van der Waals surface area contributed by atoms with Gasteiger partial charge in [-0.25, -0.2) is 0 Å². The fourth-order valence-corrected chi connectivity index (χ4v) is 0. The van der Waals surface area contributed by atoms with E-state index in [0.717, 1.165) is 0 Å². The van der Waals surface area contributed by atoms with Crippen molar-refractivity contribution in [2.45, 2.75) is 0 Å². The van der Waals surface area contributed by atoms with Crippen LogP contribution in [0.4, 0.5) is 0 Å². The predicted octanol–water partition coefficient (Wildman–Crippen LogP) is 4.31. The zero-order valence-electron chi connectivity index (χ0n) is 3.27. The fraction of sp³-hybridized carbons (Fsp3) is 0. The Bertz CT molecular complexity index is 61.5. The van der Waals surface area contributed by atoms with Crippen molar-refractivity contribution in [1.82, 2.24) is 0 Å². The molecule has 0 heterocycles. The van der Waals surface area contributed by atoms with Crippen LogP contribution in [0.15, 0.2) is 0 Å². The molecule has 0 rings (SSSR count). The highest BCUT2D eigenvalue weighted by atomic mass is 80.0. The molecule has 0 aliphatic rings. The lowest BCUT2D eigenvalue weighted by molar-refractivity contribution is 4.13. The van der Waals surface area contributed by atoms with E-state index < -0.39 is 6.90 Å². The van der Waals surface area contributed by atoms with Crippen LogP contribution in [-0.2, 0) is 0 Å². The lowest BCUT2D eigenvalue weighted by Crippen LogP contribution is -2.33. The van der Waals surface area contributed by atoms with Gasteiger partial charge in [0.05, 0.1) is 0 Å². The van der Waals surface area contributed by atoms with E-state index in [1.54, 1.807) is 0 Å². The second-order valence-corrected chi connectivity index (χ2v) is 61.2. The van der Waals surface area contributed by atoms with Gasteiger partial charge in [-0.05, 0) is 0 Å². The van der Waals surface area contributed by atoms with Gasteiger partial charge in [-0.3, -0.25) is 0 Å². The first kappa shape index (κ1) is 11.3. The molecule has 0 bridgehead atoms. The lowest BCUT2D eigenvalue weighted by Gasteiger charge is -2.16. The Morgan fingerprint density at radius 3 is 0.625 bits per heavy atom. The Morgan fingerprint density at radius 2 is 0.625 bits per heavy atom. The van der Waals surface area contributed by atoms with Crippen molar-refractivity contribution in [2.24, 2.45) is 0 Å². The van der Waals surface area contributed by atoms with Crippen LogP contribution in [0.1, 0.15) is 0 Å². The molecule has 0 radical (unpaired) electrons. The van der Waals surface area contributed by atoms with E-state index in [1.165, 1.54) is 0 Å². The van der Waals surface area contributed by atoms with Crippen molar-refractivity contribution in [2.75, 3.05) is 0 Å². The molecule has 0 aromatic heterocycles. The maximum absolute atomic E-state index is 3.49. The van der Waals surface area contributed by atoms with Crippen molar-refractivity contribution >= 4 is 98.7 Å². The summed E-state index contributed by atoms with van der Waals surface area (Å²) in [7, 11) is 0. The van der Waals surface area contributed by atoms with Gasteiger partial charge in [0, 0.05) is 0 Å². The smallest absolute Gasteiger partial charge is 0.0967 e. The quantitative estimate of drug-likeness (QED) is 0.347. The van der Waals surface area contributed by atoms with Crippen LogP contribution in [-0.4, -0.2) is 6.90 Å². The van der Waals surface area contributed by atoms with Gasteiger partial charge in [-0.2, -0.15) is 0 Å². The van der Waals surface area contributed by atoms with Crippen LogP contribution in [0.2, 0.25) is 0 Å². The molecule has 8 heavy (non-hydrogen) atoms. The Balaban J connectivity index is 4.02. The molecule has 0 amide bonds. The average Bonchev–Trinajstić information content (AvgIpc) is 1.25. The first-order valence-electron chi connectivity index (χ1n) is 1.38. The number of halogens is 6. The zero-order valence-corrected chi connectivity index (χ0v) is 14.8. The van der Waals surface area contributed by atoms with Crippen LogP contribution in [0.3, 0.4) is 0 Å². The highest BCUT2D eigenvalue weighted by molar-refractivity contribution is 9.89. The van der Waals surface area contributed by atoms with E-state index in [1.807, 2.05) is 0 Å². The second kappa shape index (κ2) is 3.82. The van der Waals surface area contributed by atoms with E-state index >= 15 is 0 Å². The summed E-state index contributed by atoms with van der Waals surface area (Å²) in [4.78, 5) is 0. The van der Waals surface area contributed by atoms with Crippen molar-refractivity contribution < 1.29 is 0 Å². The van der Waals surface area contributed by atoms with Crippen molar-refractivity contribution in [3.63, 3.8) is 0 Å². The maximum Gasteiger partial charge on any atom is 0.290 e. The summed E-state index contributed by atoms with van der Waals surface area (Å²) in [6, 6.07) is 0. The highest BCUT2D eigenvalue weighted by Gasteiger charge is 2.47. The minimum Gasteiger partial charge on any atom is -0.0967 e. The highest BCUT2D eigenvalue weighted by Crippen LogP contribution is 2.47. The fourth-order valence-electron chi connectivity index (χ4n) is 0. The maximum atomic E-state index is 3.49. The molecule has 0 fully saturated rings. The minimum atomic E-state index is -1.53. The van der Waals surface area contributed by atoms with Gasteiger partial charge >= 0.3 is 0 Å². The molecule has 50 valence electrons. The normalized spacial score (nSPS) is 14.2. The Labute approximate surface area is 96.8 Å². The zero-order chi connectivity index (χ0) is 7.00. The minimum absolute atomic E-state index is 1.53. The van der Waals surface area contributed by atoms with Gasteiger partial charge in [-0.1, -0.05) is 91.8 Å².